The van der Waals surface area contributed by atoms with Crippen LogP contribution in [0, 0.1) is 5.41 Å². The first-order chi connectivity index (χ1) is 9.00. The van der Waals surface area contributed by atoms with Crippen molar-refractivity contribution in [3.8, 4) is 0 Å². The Kier molecular flexibility index (Phi) is 6.30. The van der Waals surface area contributed by atoms with Gasteiger partial charge in [-0.2, -0.15) is 0 Å². The normalized spacial score (nSPS) is 11.7. The van der Waals surface area contributed by atoms with Crippen LogP contribution in [0.1, 0.15) is 26.3 Å². The predicted octanol–water partition coefficient (Wildman–Crippen LogP) is 3.35. The molecule has 0 atom stereocenters. The number of hydrogen-bond donors (Lipinski definition) is 0. The summed E-state index contributed by atoms with van der Waals surface area (Å²) in [4.78, 5) is 11.5. The van der Waals surface area contributed by atoms with Gasteiger partial charge in [0.05, 0.1) is 18.6 Å². The summed E-state index contributed by atoms with van der Waals surface area (Å²) in [6.07, 6.45) is 3.66. The van der Waals surface area contributed by atoms with Gasteiger partial charge in [0.25, 0.3) is 0 Å². The number of ether oxygens (including phenoxy) is 2. The molecular formula is C16H22O3. The molecule has 0 aliphatic carbocycles. The van der Waals surface area contributed by atoms with Gasteiger partial charge in [-0.1, -0.05) is 36.4 Å². The van der Waals surface area contributed by atoms with Crippen LogP contribution in [0.2, 0.25) is 0 Å². The summed E-state index contributed by atoms with van der Waals surface area (Å²) in [6.45, 7) is 6.91. The average Bonchev–Trinajstić information content (AvgIpc) is 2.37. The average molecular weight is 262 g/mol. The summed E-state index contributed by atoms with van der Waals surface area (Å²) in [7, 11) is 0. The Morgan fingerprint density at radius 3 is 2.37 bits per heavy atom. The van der Waals surface area contributed by atoms with Gasteiger partial charge in [-0.15, -0.1) is 0 Å². The van der Waals surface area contributed by atoms with Crippen LogP contribution >= 0.6 is 0 Å². The number of hydrogen-bond acceptors (Lipinski definition) is 3. The molecule has 0 heterocycles. The Balaban J connectivity index is 2.10. The number of carbonyl (C=O) groups is 1. The van der Waals surface area contributed by atoms with Crippen LogP contribution in [0.3, 0.4) is 0 Å². The van der Waals surface area contributed by atoms with Crippen LogP contribution in [0.5, 0.6) is 0 Å². The van der Waals surface area contributed by atoms with E-state index in [-0.39, 0.29) is 5.97 Å². The summed E-state index contributed by atoms with van der Waals surface area (Å²) in [5.74, 6) is -0.192. The van der Waals surface area contributed by atoms with Crippen LogP contribution in [0.25, 0.3) is 0 Å². The summed E-state index contributed by atoms with van der Waals surface area (Å²) >= 11 is 0. The van der Waals surface area contributed by atoms with E-state index in [1.165, 1.54) is 0 Å². The molecule has 0 aliphatic heterocycles. The molecule has 0 radical (unpaired) electrons. The van der Waals surface area contributed by atoms with E-state index in [0.29, 0.717) is 19.8 Å². The molecule has 0 bridgehead atoms. The topological polar surface area (TPSA) is 35.5 Å². The lowest BCUT2D eigenvalue weighted by Crippen LogP contribution is -2.22. The summed E-state index contributed by atoms with van der Waals surface area (Å²) in [5, 5.41) is 0. The fourth-order valence-corrected chi connectivity index (χ4v) is 1.30. The minimum absolute atomic E-state index is 0.192. The highest BCUT2D eigenvalue weighted by atomic mass is 16.5. The van der Waals surface area contributed by atoms with Crippen molar-refractivity contribution in [1.29, 1.82) is 0 Å². The first-order valence-electron chi connectivity index (χ1n) is 6.44. The molecule has 0 unspecified atom stereocenters. The molecule has 0 saturated heterocycles. The molecule has 0 saturated carbocycles. The molecule has 3 nitrogen and oxygen atoms in total. The molecular weight excluding hydrogens is 240 g/mol. The summed E-state index contributed by atoms with van der Waals surface area (Å²) in [6, 6.07) is 10.00. The SMILES string of the molecule is CC(C)(C)C(=O)OC/C=C/COCc1ccccc1. The largest absolute Gasteiger partial charge is 0.461 e. The molecule has 1 aromatic carbocycles. The summed E-state index contributed by atoms with van der Waals surface area (Å²) in [5.41, 5.74) is 0.701. The fourth-order valence-electron chi connectivity index (χ4n) is 1.30. The van der Waals surface area contributed by atoms with Gasteiger partial charge < -0.3 is 9.47 Å². The van der Waals surface area contributed by atoms with Crippen molar-refractivity contribution in [2.45, 2.75) is 27.4 Å². The van der Waals surface area contributed by atoms with Crippen LogP contribution in [0.15, 0.2) is 42.5 Å². The third kappa shape index (κ3) is 6.77. The van der Waals surface area contributed by atoms with Crippen molar-refractivity contribution in [1.82, 2.24) is 0 Å². The van der Waals surface area contributed by atoms with Crippen LogP contribution in [-0.2, 0) is 20.9 Å². The zero-order valence-electron chi connectivity index (χ0n) is 11.9. The van der Waals surface area contributed by atoms with Gasteiger partial charge in [0.2, 0.25) is 0 Å². The Bertz CT molecular complexity index is 402. The molecule has 0 amide bonds. The third-order valence-corrected chi connectivity index (χ3v) is 2.42. The lowest BCUT2D eigenvalue weighted by molar-refractivity contribution is -0.151. The monoisotopic (exact) mass is 262 g/mol. The zero-order valence-corrected chi connectivity index (χ0v) is 11.9. The van der Waals surface area contributed by atoms with Crippen molar-refractivity contribution in [3.63, 3.8) is 0 Å². The third-order valence-electron chi connectivity index (χ3n) is 2.42. The smallest absolute Gasteiger partial charge is 0.311 e. The van der Waals surface area contributed by atoms with E-state index in [9.17, 15) is 4.79 Å². The molecule has 0 aromatic heterocycles. The molecule has 0 N–H and O–H groups in total. The molecule has 3 heteroatoms. The van der Waals surface area contributed by atoms with Crippen molar-refractivity contribution >= 4 is 5.97 Å². The quantitative estimate of drug-likeness (QED) is 0.448. The van der Waals surface area contributed by atoms with Gasteiger partial charge in [-0.3, -0.25) is 4.79 Å². The first-order valence-corrected chi connectivity index (χ1v) is 6.44. The van der Waals surface area contributed by atoms with Crippen molar-refractivity contribution < 1.29 is 14.3 Å². The second kappa shape index (κ2) is 7.74. The molecule has 1 rings (SSSR count). The van der Waals surface area contributed by atoms with Crippen molar-refractivity contribution in [2.75, 3.05) is 13.2 Å². The maximum atomic E-state index is 11.5. The fraction of sp³-hybridized carbons (Fsp3) is 0.438. The number of carbonyl (C=O) groups excluding carboxylic acids is 1. The minimum Gasteiger partial charge on any atom is -0.461 e. The number of rotatable bonds is 6. The van der Waals surface area contributed by atoms with E-state index in [0.717, 1.165) is 5.56 Å². The molecule has 0 aliphatic rings. The van der Waals surface area contributed by atoms with Crippen LogP contribution in [-0.4, -0.2) is 19.2 Å². The lowest BCUT2D eigenvalue weighted by Gasteiger charge is -2.15. The Hall–Kier alpha value is -1.61. The molecule has 19 heavy (non-hydrogen) atoms. The minimum atomic E-state index is -0.447. The second-order valence-electron chi connectivity index (χ2n) is 5.32. The van der Waals surface area contributed by atoms with Gasteiger partial charge in [0.15, 0.2) is 0 Å². The van der Waals surface area contributed by atoms with Crippen LogP contribution < -0.4 is 0 Å². The van der Waals surface area contributed by atoms with E-state index in [4.69, 9.17) is 9.47 Å². The Morgan fingerprint density at radius 1 is 1.11 bits per heavy atom. The molecule has 0 spiro atoms. The molecule has 104 valence electrons. The number of esters is 1. The van der Waals surface area contributed by atoms with Crippen molar-refractivity contribution in [2.24, 2.45) is 5.41 Å². The Morgan fingerprint density at radius 2 is 1.74 bits per heavy atom. The second-order valence-corrected chi connectivity index (χ2v) is 5.32. The van der Waals surface area contributed by atoms with Crippen molar-refractivity contribution in [3.05, 3.63) is 48.0 Å². The van der Waals surface area contributed by atoms with E-state index < -0.39 is 5.41 Å². The Labute approximate surface area is 115 Å². The van der Waals surface area contributed by atoms with Crippen LogP contribution in [0.4, 0.5) is 0 Å². The summed E-state index contributed by atoms with van der Waals surface area (Å²) < 4.78 is 10.6. The van der Waals surface area contributed by atoms with Gasteiger partial charge in [0, 0.05) is 0 Å². The lowest BCUT2D eigenvalue weighted by atomic mass is 9.97. The first kappa shape index (κ1) is 15.4. The van der Waals surface area contributed by atoms with Gasteiger partial charge in [-0.05, 0) is 32.4 Å². The maximum absolute atomic E-state index is 11.5. The molecule has 0 fully saturated rings. The standard InChI is InChI=1S/C16H22O3/c1-16(2,3)15(17)19-12-8-7-11-18-13-14-9-5-4-6-10-14/h4-10H,11-13H2,1-3H3/b8-7+. The highest BCUT2D eigenvalue weighted by Gasteiger charge is 2.22. The molecule has 1 aromatic rings. The maximum Gasteiger partial charge on any atom is 0.311 e. The van der Waals surface area contributed by atoms with Gasteiger partial charge in [0.1, 0.15) is 6.61 Å². The van der Waals surface area contributed by atoms with E-state index in [1.807, 2.05) is 57.2 Å². The van der Waals surface area contributed by atoms with Gasteiger partial charge in [-0.25, -0.2) is 0 Å². The number of benzene rings is 1. The van der Waals surface area contributed by atoms with E-state index >= 15 is 0 Å². The van der Waals surface area contributed by atoms with E-state index in [2.05, 4.69) is 0 Å². The predicted molar refractivity (Wildman–Crippen MR) is 75.7 cm³/mol. The van der Waals surface area contributed by atoms with Gasteiger partial charge >= 0.3 is 5.97 Å². The zero-order chi connectivity index (χ0) is 14.1. The van der Waals surface area contributed by atoms with E-state index in [1.54, 1.807) is 6.08 Å². The highest BCUT2D eigenvalue weighted by molar-refractivity contribution is 5.75. The highest BCUT2D eigenvalue weighted by Crippen LogP contribution is 2.14.